The lowest BCUT2D eigenvalue weighted by atomic mass is 9.76. The lowest BCUT2D eigenvalue weighted by Gasteiger charge is -2.35. The Kier molecular flexibility index (Phi) is 4.38. The standard InChI is InChI=1S/C20H24O5S/c1-11-10-13(18(23)16-14(21)6-5-7-15(16)22)12(2)17-19(11)26(24,25)9-8-20(17,3)4/h10,23H,5-9H2,1-4H3. The second-order valence-corrected chi connectivity index (χ2v) is 9.99. The van der Waals surface area contributed by atoms with Gasteiger partial charge in [0.1, 0.15) is 11.3 Å². The van der Waals surface area contributed by atoms with Gasteiger partial charge in [-0.1, -0.05) is 13.8 Å². The van der Waals surface area contributed by atoms with Crippen LogP contribution in [0.15, 0.2) is 16.5 Å². The zero-order valence-corrected chi connectivity index (χ0v) is 16.4. The van der Waals surface area contributed by atoms with Crippen LogP contribution in [0.1, 0.15) is 61.8 Å². The number of carbonyl (C=O) groups excluding carboxylic acids is 2. The molecule has 1 aromatic rings. The summed E-state index contributed by atoms with van der Waals surface area (Å²) in [5.41, 5.74) is 1.70. The number of allylic oxidation sites excluding steroid dienone is 1. The van der Waals surface area contributed by atoms with Gasteiger partial charge in [-0.25, -0.2) is 8.42 Å². The van der Waals surface area contributed by atoms with E-state index in [1.54, 1.807) is 19.9 Å². The first kappa shape index (κ1) is 18.8. The number of aliphatic hydroxyl groups excluding tert-OH is 1. The third-order valence-corrected chi connectivity index (χ3v) is 7.46. The largest absolute Gasteiger partial charge is 0.506 e. The molecule has 5 nitrogen and oxygen atoms in total. The van der Waals surface area contributed by atoms with Crippen molar-refractivity contribution in [2.75, 3.05) is 5.75 Å². The highest BCUT2D eigenvalue weighted by Crippen LogP contribution is 2.44. The highest BCUT2D eigenvalue weighted by atomic mass is 32.2. The number of hydrogen-bond acceptors (Lipinski definition) is 5. The topological polar surface area (TPSA) is 88.5 Å². The summed E-state index contributed by atoms with van der Waals surface area (Å²) >= 11 is 0. The van der Waals surface area contributed by atoms with Crippen molar-refractivity contribution in [2.45, 2.75) is 63.7 Å². The minimum Gasteiger partial charge on any atom is -0.506 e. The van der Waals surface area contributed by atoms with E-state index in [1.807, 2.05) is 13.8 Å². The van der Waals surface area contributed by atoms with Gasteiger partial charge in [-0.15, -0.1) is 0 Å². The van der Waals surface area contributed by atoms with E-state index in [0.29, 0.717) is 40.0 Å². The van der Waals surface area contributed by atoms with Crippen LogP contribution in [0.3, 0.4) is 0 Å². The number of rotatable bonds is 1. The molecule has 1 heterocycles. The highest BCUT2D eigenvalue weighted by molar-refractivity contribution is 7.91. The lowest BCUT2D eigenvalue weighted by Crippen LogP contribution is -2.32. The Hall–Kier alpha value is -1.95. The van der Waals surface area contributed by atoms with Gasteiger partial charge < -0.3 is 5.11 Å². The van der Waals surface area contributed by atoms with Crippen LogP contribution in [0, 0.1) is 13.8 Å². The fourth-order valence-corrected chi connectivity index (χ4v) is 6.46. The first-order valence-electron chi connectivity index (χ1n) is 8.85. The first-order chi connectivity index (χ1) is 12.0. The molecular formula is C20H24O5S. The predicted molar refractivity (Wildman–Crippen MR) is 99.0 cm³/mol. The molecule has 1 fully saturated rings. The predicted octanol–water partition coefficient (Wildman–Crippen LogP) is 3.35. The number of ketones is 2. The lowest BCUT2D eigenvalue weighted by molar-refractivity contribution is -0.123. The van der Waals surface area contributed by atoms with Crippen LogP contribution in [-0.2, 0) is 24.8 Å². The fourth-order valence-electron chi connectivity index (χ4n) is 4.18. The van der Waals surface area contributed by atoms with Crippen molar-refractivity contribution >= 4 is 27.2 Å². The summed E-state index contributed by atoms with van der Waals surface area (Å²) in [6, 6.07) is 1.59. The van der Waals surface area contributed by atoms with Crippen molar-refractivity contribution in [3.05, 3.63) is 33.9 Å². The molecule has 0 aromatic heterocycles. The van der Waals surface area contributed by atoms with Crippen LogP contribution >= 0.6 is 0 Å². The van der Waals surface area contributed by atoms with Gasteiger partial charge in [0.15, 0.2) is 21.4 Å². The van der Waals surface area contributed by atoms with Crippen LogP contribution in [-0.4, -0.2) is 30.8 Å². The van der Waals surface area contributed by atoms with E-state index in [9.17, 15) is 23.1 Å². The Balaban J connectivity index is 2.35. The molecule has 3 rings (SSSR count). The van der Waals surface area contributed by atoms with E-state index in [2.05, 4.69) is 0 Å². The molecule has 1 saturated carbocycles. The fraction of sp³-hybridized carbons (Fsp3) is 0.500. The van der Waals surface area contributed by atoms with E-state index in [-0.39, 0.29) is 46.9 Å². The van der Waals surface area contributed by atoms with Gasteiger partial charge in [0.25, 0.3) is 0 Å². The van der Waals surface area contributed by atoms with Gasteiger partial charge in [0.05, 0.1) is 10.6 Å². The maximum atomic E-state index is 12.6. The molecule has 0 saturated heterocycles. The summed E-state index contributed by atoms with van der Waals surface area (Å²) in [6.45, 7) is 7.42. The van der Waals surface area contributed by atoms with Gasteiger partial charge in [-0.2, -0.15) is 0 Å². The molecule has 0 atom stereocenters. The quantitative estimate of drug-likeness (QED) is 0.461. The van der Waals surface area contributed by atoms with Crippen LogP contribution in [0.4, 0.5) is 0 Å². The monoisotopic (exact) mass is 376 g/mol. The number of sulfone groups is 1. The Morgan fingerprint density at radius 1 is 1.12 bits per heavy atom. The van der Waals surface area contributed by atoms with Crippen molar-refractivity contribution < 1.29 is 23.1 Å². The van der Waals surface area contributed by atoms with Crippen LogP contribution in [0.5, 0.6) is 0 Å². The normalized spacial score (nSPS) is 21.5. The Morgan fingerprint density at radius 3 is 2.27 bits per heavy atom. The van der Waals surface area contributed by atoms with Crippen LogP contribution in [0.2, 0.25) is 0 Å². The summed E-state index contributed by atoms with van der Waals surface area (Å²) < 4.78 is 25.3. The van der Waals surface area contributed by atoms with E-state index >= 15 is 0 Å². The number of aryl methyl sites for hydroxylation is 1. The van der Waals surface area contributed by atoms with E-state index in [0.717, 1.165) is 0 Å². The summed E-state index contributed by atoms with van der Waals surface area (Å²) in [5.74, 6) is -0.917. The zero-order valence-electron chi connectivity index (χ0n) is 15.6. The van der Waals surface area contributed by atoms with Crippen LogP contribution in [0.25, 0.3) is 5.76 Å². The average molecular weight is 376 g/mol. The van der Waals surface area contributed by atoms with Gasteiger partial charge in [-0.3, -0.25) is 9.59 Å². The average Bonchev–Trinajstić information content (AvgIpc) is 2.53. The molecule has 1 aromatic carbocycles. The number of hydrogen-bond donors (Lipinski definition) is 1. The van der Waals surface area contributed by atoms with Crippen molar-refractivity contribution in [3.63, 3.8) is 0 Å². The van der Waals surface area contributed by atoms with E-state index < -0.39 is 9.84 Å². The second kappa shape index (κ2) is 6.05. The Morgan fingerprint density at radius 2 is 1.69 bits per heavy atom. The molecule has 0 amide bonds. The number of Topliss-reactive ketones (excluding diaryl/α,β-unsaturated/α-hetero) is 2. The van der Waals surface area contributed by atoms with Gasteiger partial charge in [0.2, 0.25) is 0 Å². The Labute approximate surface area is 154 Å². The van der Waals surface area contributed by atoms with E-state index in [4.69, 9.17) is 0 Å². The summed E-state index contributed by atoms with van der Waals surface area (Å²) in [6.07, 6.45) is 1.48. The van der Waals surface area contributed by atoms with Crippen molar-refractivity contribution in [3.8, 4) is 0 Å². The van der Waals surface area contributed by atoms with Crippen molar-refractivity contribution in [2.24, 2.45) is 0 Å². The highest BCUT2D eigenvalue weighted by Gasteiger charge is 2.39. The molecule has 26 heavy (non-hydrogen) atoms. The molecule has 6 heteroatoms. The molecule has 1 aliphatic carbocycles. The third-order valence-electron chi connectivity index (χ3n) is 5.57. The minimum atomic E-state index is -3.39. The summed E-state index contributed by atoms with van der Waals surface area (Å²) in [4.78, 5) is 24.7. The number of benzene rings is 1. The number of carbonyl (C=O) groups is 2. The third kappa shape index (κ3) is 2.80. The maximum Gasteiger partial charge on any atom is 0.178 e. The smallest absolute Gasteiger partial charge is 0.178 e. The SMILES string of the molecule is Cc1cc(C(O)=C2C(=O)CCCC2=O)c(C)c2c1S(=O)(=O)CCC2(C)C. The molecule has 140 valence electrons. The molecule has 1 aliphatic heterocycles. The molecule has 2 aliphatic rings. The van der Waals surface area contributed by atoms with Gasteiger partial charge >= 0.3 is 0 Å². The molecule has 0 unspecified atom stereocenters. The van der Waals surface area contributed by atoms with E-state index in [1.165, 1.54) is 0 Å². The molecular weight excluding hydrogens is 352 g/mol. The number of fused-ring (bicyclic) bond motifs is 1. The Bertz CT molecular complexity index is 946. The molecule has 0 bridgehead atoms. The van der Waals surface area contributed by atoms with Crippen molar-refractivity contribution in [1.29, 1.82) is 0 Å². The van der Waals surface area contributed by atoms with Gasteiger partial charge in [0, 0.05) is 18.4 Å². The maximum absolute atomic E-state index is 12.6. The molecule has 0 spiro atoms. The molecule has 0 radical (unpaired) electrons. The summed E-state index contributed by atoms with van der Waals surface area (Å²) in [7, 11) is -3.39. The second-order valence-electron chi connectivity index (χ2n) is 7.95. The van der Waals surface area contributed by atoms with Crippen LogP contribution < -0.4 is 0 Å². The first-order valence-corrected chi connectivity index (χ1v) is 10.5. The number of aliphatic hydroxyl groups is 1. The molecule has 1 N–H and O–H groups in total. The summed E-state index contributed by atoms with van der Waals surface area (Å²) in [5, 5.41) is 10.8. The minimum absolute atomic E-state index is 0.0939. The van der Waals surface area contributed by atoms with Crippen molar-refractivity contribution in [1.82, 2.24) is 0 Å². The zero-order chi connectivity index (χ0) is 19.4. The van der Waals surface area contributed by atoms with Gasteiger partial charge in [-0.05, 0) is 54.9 Å².